The lowest BCUT2D eigenvalue weighted by Crippen LogP contribution is -2.40. The molecule has 4 heterocycles. The maximum absolute atomic E-state index is 6.47. The maximum atomic E-state index is 6.47. The van der Waals surface area contributed by atoms with E-state index in [9.17, 15) is 0 Å². The maximum Gasteiger partial charge on any atom is 0.299 e. The molecule has 6 aliphatic rings. The molecule has 3 aromatic rings. The van der Waals surface area contributed by atoms with Crippen LogP contribution in [0.2, 0.25) is 5.82 Å². The number of para-hydroxylation sites is 1. The van der Waals surface area contributed by atoms with Crippen molar-refractivity contribution in [3.8, 4) is 0 Å². The number of furan rings is 1. The Kier molecular flexibility index (Phi) is 3.06. The molecule has 0 saturated carbocycles. The molecular weight excluding hydrogens is 401 g/mol. The van der Waals surface area contributed by atoms with Crippen LogP contribution in [0.15, 0.2) is 69.6 Å². The van der Waals surface area contributed by atoms with E-state index in [2.05, 4.69) is 65.2 Å². The Morgan fingerprint density at radius 3 is 2.91 bits per heavy atom. The van der Waals surface area contributed by atoms with E-state index in [-0.39, 0.29) is 0 Å². The van der Waals surface area contributed by atoms with Gasteiger partial charge in [-0.15, -0.1) is 0 Å². The van der Waals surface area contributed by atoms with Gasteiger partial charge in [0, 0.05) is 40.1 Å². The van der Waals surface area contributed by atoms with Crippen molar-refractivity contribution in [2.75, 3.05) is 0 Å². The normalized spacial score (nSPS) is 25.4. The third-order valence-electron chi connectivity index (χ3n) is 9.15. The van der Waals surface area contributed by atoms with E-state index in [1.54, 1.807) is 27.9 Å². The summed E-state index contributed by atoms with van der Waals surface area (Å²) in [6.07, 6.45) is 21.2. The molecule has 0 radical (unpaired) electrons. The lowest BCUT2D eigenvalue weighted by Gasteiger charge is -2.38. The molecule has 158 valence electrons. The van der Waals surface area contributed by atoms with Gasteiger partial charge in [-0.1, -0.05) is 48.0 Å². The number of benzene rings is 1. The van der Waals surface area contributed by atoms with Crippen molar-refractivity contribution < 1.29 is 4.42 Å². The Balaban J connectivity index is 1.35. The van der Waals surface area contributed by atoms with Crippen molar-refractivity contribution in [1.29, 1.82) is 0 Å². The van der Waals surface area contributed by atoms with Gasteiger partial charge < -0.3 is 8.90 Å². The van der Waals surface area contributed by atoms with Gasteiger partial charge in [0.2, 0.25) is 0 Å². The van der Waals surface area contributed by atoms with Crippen LogP contribution >= 0.6 is 0 Å². The molecule has 0 fully saturated rings. The van der Waals surface area contributed by atoms with E-state index in [4.69, 9.17) is 4.42 Å². The molecular formula is C30H24BNO. The van der Waals surface area contributed by atoms with Gasteiger partial charge in [-0.2, -0.15) is 0 Å². The smallest absolute Gasteiger partial charge is 0.299 e. The highest BCUT2D eigenvalue weighted by Gasteiger charge is 2.53. The molecule has 0 amide bonds. The lowest BCUT2D eigenvalue weighted by molar-refractivity contribution is 0.494. The number of rotatable bonds is 0. The number of allylic oxidation sites excluding steroid dienone is 8. The summed E-state index contributed by atoms with van der Waals surface area (Å²) in [7, 11) is 0. The van der Waals surface area contributed by atoms with E-state index < -0.39 is 0 Å². The third-order valence-corrected chi connectivity index (χ3v) is 9.15. The van der Waals surface area contributed by atoms with E-state index in [0.29, 0.717) is 18.6 Å². The highest BCUT2D eigenvalue weighted by atomic mass is 16.3. The highest BCUT2D eigenvalue weighted by molar-refractivity contribution is 6.72. The van der Waals surface area contributed by atoms with Gasteiger partial charge in [0.25, 0.3) is 6.85 Å². The molecule has 2 atom stereocenters. The van der Waals surface area contributed by atoms with Crippen molar-refractivity contribution >= 4 is 35.5 Å². The predicted octanol–water partition coefficient (Wildman–Crippen LogP) is 6.81. The molecule has 0 N–H and O–H groups in total. The fourth-order valence-corrected chi connectivity index (χ4v) is 7.97. The van der Waals surface area contributed by atoms with E-state index in [1.807, 2.05) is 0 Å². The molecule has 3 heteroatoms. The summed E-state index contributed by atoms with van der Waals surface area (Å²) in [6.45, 7) is 0.413. The fourth-order valence-electron chi connectivity index (χ4n) is 7.97. The molecule has 2 unspecified atom stereocenters. The molecule has 33 heavy (non-hydrogen) atoms. The Hall–Kier alpha value is -3.20. The van der Waals surface area contributed by atoms with Gasteiger partial charge in [-0.25, -0.2) is 0 Å². The zero-order valence-corrected chi connectivity index (χ0v) is 18.6. The molecule has 0 bridgehead atoms. The second-order valence-electron chi connectivity index (χ2n) is 10.6. The predicted molar refractivity (Wildman–Crippen MR) is 135 cm³/mol. The molecule has 2 aromatic heterocycles. The number of aryl methyl sites for hydroxylation is 1. The number of nitrogens with zero attached hydrogens (tertiary/aromatic N) is 1. The van der Waals surface area contributed by atoms with Crippen LogP contribution in [0.3, 0.4) is 0 Å². The van der Waals surface area contributed by atoms with Crippen LogP contribution in [0.25, 0.3) is 28.6 Å². The summed E-state index contributed by atoms with van der Waals surface area (Å²) in [5, 5.41) is 1.47. The number of hydrogen-bond donors (Lipinski definition) is 0. The Morgan fingerprint density at radius 2 is 1.91 bits per heavy atom. The minimum Gasteiger partial charge on any atom is -0.461 e. The Labute approximate surface area is 193 Å². The number of fused-ring (bicyclic) bond motifs is 11. The standard InChI is InChI=1S/C30H24BNO/c1-3-13-26-17(7-1)21-11-6-12-22-19-9-5-10-20-23-15-24-18-8-2-4-14-27(18)33-28(24)16-25(23)31(29(19)20)32(26)30(21)22/h1,3-5,7,10,12-15,19,25H,2,6,8-9,11,16H2. The van der Waals surface area contributed by atoms with E-state index in [1.165, 1.54) is 46.2 Å². The number of hydrogen-bond acceptors (Lipinski definition) is 1. The van der Waals surface area contributed by atoms with Gasteiger partial charge in [0.1, 0.15) is 11.5 Å². The first kappa shape index (κ1) is 17.3. The topological polar surface area (TPSA) is 18.1 Å². The zero-order chi connectivity index (χ0) is 21.3. The van der Waals surface area contributed by atoms with Crippen molar-refractivity contribution in [3.63, 3.8) is 0 Å². The molecule has 2 aliphatic heterocycles. The van der Waals surface area contributed by atoms with Gasteiger partial charge in [0.05, 0.1) is 0 Å². The van der Waals surface area contributed by atoms with Crippen molar-refractivity contribution in [3.05, 3.63) is 99.1 Å². The summed E-state index contributed by atoms with van der Waals surface area (Å²) in [6, 6.07) is 9.15. The summed E-state index contributed by atoms with van der Waals surface area (Å²) in [5.74, 6) is 3.33. The summed E-state index contributed by atoms with van der Waals surface area (Å²) in [4.78, 5) is 0. The van der Waals surface area contributed by atoms with Crippen molar-refractivity contribution in [2.45, 2.75) is 44.3 Å². The van der Waals surface area contributed by atoms with Crippen LogP contribution < -0.4 is 0 Å². The lowest BCUT2D eigenvalue weighted by atomic mass is 9.41. The van der Waals surface area contributed by atoms with Gasteiger partial charge in [0.15, 0.2) is 0 Å². The second-order valence-corrected chi connectivity index (χ2v) is 10.6. The van der Waals surface area contributed by atoms with Crippen molar-refractivity contribution in [1.82, 2.24) is 4.48 Å². The summed E-state index contributed by atoms with van der Waals surface area (Å²) < 4.78 is 9.22. The highest BCUT2D eigenvalue weighted by Crippen LogP contribution is 2.59. The van der Waals surface area contributed by atoms with Gasteiger partial charge >= 0.3 is 0 Å². The third kappa shape index (κ3) is 1.96. The van der Waals surface area contributed by atoms with Gasteiger partial charge in [-0.3, -0.25) is 0 Å². The van der Waals surface area contributed by atoms with Crippen LogP contribution in [-0.4, -0.2) is 11.3 Å². The quantitative estimate of drug-likeness (QED) is 0.362. The monoisotopic (exact) mass is 425 g/mol. The largest absolute Gasteiger partial charge is 0.461 e. The zero-order valence-electron chi connectivity index (χ0n) is 18.6. The first-order chi connectivity index (χ1) is 16.4. The van der Waals surface area contributed by atoms with E-state index in [0.717, 1.165) is 31.4 Å². The van der Waals surface area contributed by atoms with Crippen LogP contribution in [0.5, 0.6) is 0 Å². The SMILES string of the molecule is C1=Cc2oc3c(c2CC1)C=C1C2=C4B(C1C3)n1c3c(c5ccccc51)CCC=C3C4CC=C2. The fraction of sp³-hybridized carbons (Fsp3) is 0.267. The Bertz CT molecular complexity index is 1580. The molecule has 9 rings (SSSR count). The number of aromatic nitrogens is 1. The first-order valence-electron chi connectivity index (χ1n) is 12.6. The molecule has 4 aliphatic carbocycles. The van der Waals surface area contributed by atoms with Crippen LogP contribution in [-0.2, 0) is 19.3 Å². The van der Waals surface area contributed by atoms with Crippen LogP contribution in [0.4, 0.5) is 0 Å². The summed E-state index contributed by atoms with van der Waals surface area (Å²) in [5.41, 5.74) is 13.8. The average molecular weight is 425 g/mol. The van der Waals surface area contributed by atoms with Crippen LogP contribution in [0, 0.1) is 5.92 Å². The minimum atomic E-state index is 0.413. The summed E-state index contributed by atoms with van der Waals surface area (Å²) >= 11 is 0. The van der Waals surface area contributed by atoms with Crippen molar-refractivity contribution in [2.24, 2.45) is 5.92 Å². The first-order valence-corrected chi connectivity index (χ1v) is 12.6. The van der Waals surface area contributed by atoms with E-state index >= 15 is 0 Å². The molecule has 2 nitrogen and oxygen atoms in total. The molecule has 0 saturated heterocycles. The molecule has 1 aromatic carbocycles. The Morgan fingerprint density at radius 1 is 0.970 bits per heavy atom. The average Bonchev–Trinajstić information content (AvgIpc) is 3.50. The van der Waals surface area contributed by atoms with Crippen LogP contribution in [0.1, 0.15) is 53.2 Å². The minimum absolute atomic E-state index is 0.413. The second kappa shape index (κ2) is 5.83. The molecule has 0 spiro atoms. The van der Waals surface area contributed by atoms with Gasteiger partial charge in [-0.05, 0) is 78.4 Å².